The molecule has 0 bridgehead atoms. The second kappa shape index (κ2) is 15.0. The maximum atomic E-state index is 11.9. The lowest BCUT2D eigenvalue weighted by Crippen LogP contribution is -2.33. The molecule has 1 aromatic rings. The van der Waals surface area contributed by atoms with Crippen molar-refractivity contribution in [1.82, 2.24) is 5.32 Å². The molecule has 0 aliphatic heterocycles. The standard InChI is InChI=1S/C21H33ClN2OS/c1-2-3-4-5-6-7-8-9-10-11-12-13-20(25)24-21(26)23-19-16-14-18(22)15-17-19/h14-17H,2-13H2,1H3,(H2,23,24,25,26). The average Bonchev–Trinajstić information content (AvgIpc) is 2.61. The number of thiocarbonyl (C=S) groups is 1. The van der Waals surface area contributed by atoms with Gasteiger partial charge in [0.15, 0.2) is 5.11 Å². The molecule has 0 fully saturated rings. The summed E-state index contributed by atoms with van der Waals surface area (Å²) < 4.78 is 0. The van der Waals surface area contributed by atoms with Crippen LogP contribution in [0.3, 0.4) is 0 Å². The fraction of sp³-hybridized carbons (Fsp3) is 0.619. The third kappa shape index (κ3) is 12.3. The van der Waals surface area contributed by atoms with E-state index >= 15 is 0 Å². The predicted octanol–water partition coefficient (Wildman–Crippen LogP) is 6.85. The molecule has 3 nitrogen and oxygen atoms in total. The first-order valence-corrected chi connectivity index (χ1v) is 10.8. The van der Waals surface area contributed by atoms with Gasteiger partial charge in [0.1, 0.15) is 0 Å². The second-order valence-electron chi connectivity index (χ2n) is 6.79. The highest BCUT2D eigenvalue weighted by atomic mass is 35.5. The van der Waals surface area contributed by atoms with Gasteiger partial charge in [0.05, 0.1) is 0 Å². The van der Waals surface area contributed by atoms with Gasteiger partial charge in [0.2, 0.25) is 5.91 Å². The van der Waals surface area contributed by atoms with E-state index in [0.717, 1.165) is 18.5 Å². The van der Waals surface area contributed by atoms with E-state index in [2.05, 4.69) is 17.6 Å². The van der Waals surface area contributed by atoms with E-state index in [1.54, 1.807) is 12.1 Å². The first-order chi connectivity index (χ1) is 12.6. The lowest BCUT2D eigenvalue weighted by Gasteiger charge is -2.09. The Kier molecular flexibility index (Phi) is 13.2. The predicted molar refractivity (Wildman–Crippen MR) is 117 cm³/mol. The molecular formula is C21H33ClN2OS. The fourth-order valence-electron chi connectivity index (χ4n) is 2.83. The van der Waals surface area contributed by atoms with Crippen molar-refractivity contribution >= 4 is 40.5 Å². The van der Waals surface area contributed by atoms with E-state index in [-0.39, 0.29) is 5.91 Å². The molecule has 0 atom stereocenters. The number of benzene rings is 1. The van der Waals surface area contributed by atoms with Gasteiger partial charge in [-0.25, -0.2) is 0 Å². The molecule has 0 unspecified atom stereocenters. The maximum absolute atomic E-state index is 11.9. The Morgan fingerprint density at radius 3 is 1.92 bits per heavy atom. The monoisotopic (exact) mass is 396 g/mol. The zero-order chi connectivity index (χ0) is 19.0. The van der Waals surface area contributed by atoms with Crippen molar-refractivity contribution in [3.8, 4) is 0 Å². The molecule has 0 radical (unpaired) electrons. The van der Waals surface area contributed by atoms with Crippen LogP contribution in [0.25, 0.3) is 0 Å². The minimum absolute atomic E-state index is 0.0209. The van der Waals surface area contributed by atoms with Crippen LogP contribution in [0.1, 0.15) is 84.0 Å². The molecule has 146 valence electrons. The number of anilines is 1. The fourth-order valence-corrected chi connectivity index (χ4v) is 3.19. The molecule has 2 N–H and O–H groups in total. The van der Waals surface area contributed by atoms with Crippen molar-refractivity contribution in [3.05, 3.63) is 29.3 Å². The lowest BCUT2D eigenvalue weighted by atomic mass is 10.1. The summed E-state index contributed by atoms with van der Waals surface area (Å²) in [5, 5.41) is 6.71. The summed E-state index contributed by atoms with van der Waals surface area (Å²) in [6.45, 7) is 2.25. The number of carbonyl (C=O) groups excluding carboxylic acids is 1. The maximum Gasteiger partial charge on any atom is 0.226 e. The van der Waals surface area contributed by atoms with Crippen LogP contribution < -0.4 is 10.6 Å². The Labute approximate surface area is 169 Å². The smallest absolute Gasteiger partial charge is 0.226 e. The van der Waals surface area contributed by atoms with Gasteiger partial charge < -0.3 is 10.6 Å². The Morgan fingerprint density at radius 2 is 1.38 bits per heavy atom. The third-order valence-corrected chi connectivity index (χ3v) is 4.82. The van der Waals surface area contributed by atoms with Gasteiger partial charge in [-0.05, 0) is 42.9 Å². The first kappa shape index (κ1) is 22.9. The molecule has 26 heavy (non-hydrogen) atoms. The van der Waals surface area contributed by atoms with E-state index in [1.807, 2.05) is 12.1 Å². The van der Waals surface area contributed by atoms with Crippen LogP contribution in [-0.4, -0.2) is 11.0 Å². The van der Waals surface area contributed by atoms with E-state index in [1.165, 1.54) is 57.8 Å². The van der Waals surface area contributed by atoms with E-state index in [0.29, 0.717) is 16.6 Å². The van der Waals surface area contributed by atoms with Crippen LogP contribution >= 0.6 is 23.8 Å². The van der Waals surface area contributed by atoms with Crippen molar-refractivity contribution < 1.29 is 4.79 Å². The Hall–Kier alpha value is -1.13. The molecule has 1 rings (SSSR count). The molecule has 5 heteroatoms. The van der Waals surface area contributed by atoms with Gasteiger partial charge in [-0.3, -0.25) is 4.79 Å². The van der Waals surface area contributed by atoms with Crippen LogP contribution in [0, 0.1) is 0 Å². The summed E-state index contributed by atoms with van der Waals surface area (Å²) in [5.74, 6) is -0.0209. The van der Waals surface area contributed by atoms with Crippen molar-refractivity contribution in [2.45, 2.75) is 84.0 Å². The number of nitrogens with one attached hydrogen (secondary N) is 2. The van der Waals surface area contributed by atoms with E-state index in [4.69, 9.17) is 23.8 Å². The van der Waals surface area contributed by atoms with Crippen molar-refractivity contribution in [3.63, 3.8) is 0 Å². The molecule has 0 spiro atoms. The topological polar surface area (TPSA) is 41.1 Å². The number of halogens is 1. The van der Waals surface area contributed by atoms with Crippen LogP contribution in [0.4, 0.5) is 5.69 Å². The highest BCUT2D eigenvalue weighted by Crippen LogP contribution is 2.14. The number of hydrogen-bond acceptors (Lipinski definition) is 2. The molecule has 0 heterocycles. The molecular weight excluding hydrogens is 364 g/mol. The van der Waals surface area contributed by atoms with Gasteiger partial charge in [-0.1, -0.05) is 82.7 Å². The summed E-state index contributed by atoms with van der Waals surface area (Å²) in [7, 11) is 0. The first-order valence-electron chi connectivity index (χ1n) is 9.98. The molecule has 0 aromatic heterocycles. The highest BCUT2D eigenvalue weighted by molar-refractivity contribution is 7.80. The summed E-state index contributed by atoms with van der Waals surface area (Å²) in [4.78, 5) is 11.9. The normalized spacial score (nSPS) is 10.5. The molecule has 1 amide bonds. The molecule has 0 saturated heterocycles. The average molecular weight is 397 g/mol. The highest BCUT2D eigenvalue weighted by Gasteiger charge is 2.05. The molecule has 0 saturated carbocycles. The summed E-state index contributed by atoms with van der Waals surface area (Å²) in [5.41, 5.74) is 0.814. The minimum atomic E-state index is -0.0209. The SMILES string of the molecule is CCCCCCCCCCCCCC(=O)NC(=S)Nc1ccc(Cl)cc1. The van der Waals surface area contributed by atoms with Crippen LogP contribution in [-0.2, 0) is 4.79 Å². The Morgan fingerprint density at radius 1 is 0.885 bits per heavy atom. The number of rotatable bonds is 13. The molecule has 0 aliphatic carbocycles. The zero-order valence-electron chi connectivity index (χ0n) is 16.0. The number of carbonyl (C=O) groups is 1. The van der Waals surface area contributed by atoms with Gasteiger partial charge in [-0.15, -0.1) is 0 Å². The quantitative estimate of drug-likeness (QED) is 0.283. The minimum Gasteiger partial charge on any atom is -0.332 e. The summed E-state index contributed by atoms with van der Waals surface area (Å²) in [6.07, 6.45) is 14.6. The largest absolute Gasteiger partial charge is 0.332 e. The number of amides is 1. The van der Waals surface area contributed by atoms with Gasteiger partial charge >= 0.3 is 0 Å². The van der Waals surface area contributed by atoms with Crippen molar-refractivity contribution in [2.24, 2.45) is 0 Å². The van der Waals surface area contributed by atoms with Crippen LogP contribution in [0.2, 0.25) is 5.02 Å². The van der Waals surface area contributed by atoms with Gasteiger partial charge in [0, 0.05) is 17.1 Å². The van der Waals surface area contributed by atoms with Crippen molar-refractivity contribution in [1.29, 1.82) is 0 Å². The Bertz CT molecular complexity index is 519. The van der Waals surface area contributed by atoms with E-state index in [9.17, 15) is 4.79 Å². The summed E-state index contributed by atoms with van der Waals surface area (Å²) >= 11 is 11.0. The lowest BCUT2D eigenvalue weighted by molar-refractivity contribution is -0.119. The summed E-state index contributed by atoms with van der Waals surface area (Å²) in [6, 6.07) is 7.20. The van der Waals surface area contributed by atoms with E-state index < -0.39 is 0 Å². The van der Waals surface area contributed by atoms with Gasteiger partial charge in [-0.2, -0.15) is 0 Å². The van der Waals surface area contributed by atoms with Gasteiger partial charge in [0.25, 0.3) is 0 Å². The second-order valence-corrected chi connectivity index (χ2v) is 7.64. The number of unbranched alkanes of at least 4 members (excludes halogenated alkanes) is 10. The number of hydrogen-bond donors (Lipinski definition) is 2. The van der Waals surface area contributed by atoms with Crippen LogP contribution in [0.15, 0.2) is 24.3 Å². The van der Waals surface area contributed by atoms with Crippen LogP contribution in [0.5, 0.6) is 0 Å². The van der Waals surface area contributed by atoms with Crippen molar-refractivity contribution in [2.75, 3.05) is 5.32 Å². The third-order valence-electron chi connectivity index (χ3n) is 4.36. The molecule has 0 aliphatic rings. The molecule has 1 aromatic carbocycles. The Balaban J connectivity index is 1.96. The zero-order valence-corrected chi connectivity index (χ0v) is 17.6.